The molecule has 0 bridgehead atoms. The van der Waals surface area contributed by atoms with E-state index in [1.165, 1.54) is 0 Å². The molecule has 1 unspecified atom stereocenters. The summed E-state index contributed by atoms with van der Waals surface area (Å²) in [5, 5.41) is 0. The molecule has 0 aliphatic carbocycles. The molecule has 30 heavy (non-hydrogen) atoms. The van der Waals surface area contributed by atoms with Crippen molar-refractivity contribution in [2.75, 3.05) is 0 Å². The number of phosphoric ester groups is 1. The number of aryl methyl sites for hydroxylation is 3. The molecular weight excluding hydrogens is 410 g/mol. The second kappa shape index (κ2) is 10.9. The summed E-state index contributed by atoms with van der Waals surface area (Å²) in [5.41, 5.74) is 3.02. The maximum Gasteiger partial charge on any atom is 1.00 e. The molecule has 0 spiro atoms. The van der Waals surface area contributed by atoms with Gasteiger partial charge in [0.1, 0.15) is 11.5 Å². The SMILES string of the molecule is Cc1cccc(C)c1OP(=O)([O-])Oc1ccc(CCC(=O)c2ccccc2)cc1.[Na+]. The van der Waals surface area contributed by atoms with Crippen LogP contribution in [0.5, 0.6) is 11.5 Å². The minimum atomic E-state index is -4.58. The van der Waals surface area contributed by atoms with Crippen molar-refractivity contribution in [3.63, 3.8) is 0 Å². The number of para-hydroxylation sites is 1. The van der Waals surface area contributed by atoms with E-state index in [1.807, 2.05) is 24.3 Å². The van der Waals surface area contributed by atoms with Gasteiger partial charge in [-0.1, -0.05) is 60.7 Å². The minimum absolute atomic E-state index is 0. The first kappa shape index (κ1) is 24.4. The Balaban J connectivity index is 0.00000320. The number of phosphoric acid groups is 1. The van der Waals surface area contributed by atoms with Gasteiger partial charge in [-0.05, 0) is 49.1 Å². The maximum atomic E-state index is 12.3. The number of hydrogen-bond acceptors (Lipinski definition) is 5. The number of benzene rings is 3. The standard InChI is InChI=1S/C23H23O5P.Na/c1-17-7-6-8-18(2)23(17)28-29(25,26)27-21-14-11-19(12-15-21)13-16-22(24)20-9-4-3-5-10-20;/h3-12,14-15H,13,16H2,1-2H3,(H,25,26);/q;+1/p-1. The monoisotopic (exact) mass is 432 g/mol. The van der Waals surface area contributed by atoms with E-state index in [4.69, 9.17) is 9.05 Å². The molecule has 0 saturated carbocycles. The number of carbonyl (C=O) groups excluding carboxylic acids is 1. The average molecular weight is 432 g/mol. The fourth-order valence-corrected chi connectivity index (χ4v) is 3.87. The number of Topliss-reactive ketones (excluding diaryl/α,β-unsaturated/α-hetero) is 1. The molecule has 0 amide bonds. The fourth-order valence-electron chi connectivity index (χ4n) is 2.95. The van der Waals surface area contributed by atoms with Crippen LogP contribution in [0.3, 0.4) is 0 Å². The van der Waals surface area contributed by atoms with Crippen LogP contribution in [0.4, 0.5) is 0 Å². The summed E-state index contributed by atoms with van der Waals surface area (Å²) in [5.74, 6) is 0.506. The van der Waals surface area contributed by atoms with E-state index in [2.05, 4.69) is 0 Å². The van der Waals surface area contributed by atoms with Crippen molar-refractivity contribution in [1.82, 2.24) is 0 Å². The smallest absolute Gasteiger partial charge is 0.736 e. The van der Waals surface area contributed by atoms with Gasteiger partial charge in [-0.2, -0.15) is 0 Å². The van der Waals surface area contributed by atoms with Gasteiger partial charge in [-0.15, -0.1) is 0 Å². The van der Waals surface area contributed by atoms with Gasteiger partial charge >= 0.3 is 37.4 Å². The Labute approximate surface area is 199 Å². The summed E-state index contributed by atoms with van der Waals surface area (Å²) in [6.07, 6.45) is 0.932. The molecule has 0 aliphatic rings. The van der Waals surface area contributed by atoms with Crippen molar-refractivity contribution < 1.29 is 52.9 Å². The first-order valence-corrected chi connectivity index (χ1v) is 10.7. The fraction of sp³-hybridized carbons (Fsp3) is 0.174. The van der Waals surface area contributed by atoms with Crippen LogP contribution < -0.4 is 43.5 Å². The summed E-state index contributed by atoms with van der Waals surface area (Å²) < 4.78 is 22.5. The van der Waals surface area contributed by atoms with Gasteiger partial charge in [-0.25, -0.2) is 4.57 Å². The van der Waals surface area contributed by atoms with Crippen LogP contribution in [-0.4, -0.2) is 5.78 Å². The van der Waals surface area contributed by atoms with Crippen LogP contribution in [-0.2, 0) is 11.0 Å². The van der Waals surface area contributed by atoms with Crippen LogP contribution in [0.2, 0.25) is 0 Å². The van der Waals surface area contributed by atoms with Gasteiger partial charge in [0.05, 0.1) is 0 Å². The second-order valence-corrected chi connectivity index (χ2v) is 8.04. The van der Waals surface area contributed by atoms with Crippen molar-refractivity contribution in [2.45, 2.75) is 26.7 Å². The molecule has 7 heteroatoms. The van der Waals surface area contributed by atoms with E-state index in [0.29, 0.717) is 29.5 Å². The third-order valence-electron chi connectivity index (χ3n) is 4.49. The van der Waals surface area contributed by atoms with E-state index in [1.54, 1.807) is 62.4 Å². The van der Waals surface area contributed by atoms with Crippen LogP contribution >= 0.6 is 7.82 Å². The molecule has 0 aliphatic heterocycles. The molecule has 0 heterocycles. The molecule has 0 radical (unpaired) electrons. The zero-order valence-corrected chi connectivity index (χ0v) is 20.2. The normalized spacial score (nSPS) is 12.4. The Kier molecular flexibility index (Phi) is 8.90. The van der Waals surface area contributed by atoms with Gasteiger partial charge in [0.25, 0.3) is 0 Å². The quantitative estimate of drug-likeness (QED) is 0.309. The zero-order chi connectivity index (χ0) is 20.9. The van der Waals surface area contributed by atoms with Crippen molar-refractivity contribution >= 4 is 13.6 Å². The maximum absolute atomic E-state index is 12.3. The molecular formula is C23H22NaO5P. The van der Waals surface area contributed by atoms with E-state index >= 15 is 0 Å². The topological polar surface area (TPSA) is 75.7 Å². The van der Waals surface area contributed by atoms with Crippen LogP contribution in [0.25, 0.3) is 0 Å². The van der Waals surface area contributed by atoms with Gasteiger partial charge in [0.15, 0.2) is 5.78 Å². The largest absolute Gasteiger partial charge is 1.00 e. The molecule has 5 nitrogen and oxygen atoms in total. The molecule has 0 aromatic heterocycles. The molecule has 0 saturated heterocycles. The van der Waals surface area contributed by atoms with Crippen molar-refractivity contribution in [2.24, 2.45) is 0 Å². The first-order valence-electron chi connectivity index (χ1n) is 9.28. The Morgan fingerprint density at radius 2 is 1.47 bits per heavy atom. The van der Waals surface area contributed by atoms with Gasteiger partial charge in [-0.3, -0.25) is 4.79 Å². The van der Waals surface area contributed by atoms with E-state index in [9.17, 15) is 14.3 Å². The van der Waals surface area contributed by atoms with Gasteiger partial charge < -0.3 is 13.9 Å². The van der Waals surface area contributed by atoms with Crippen molar-refractivity contribution in [1.29, 1.82) is 0 Å². The third kappa shape index (κ3) is 6.83. The molecule has 3 aromatic carbocycles. The van der Waals surface area contributed by atoms with Crippen LogP contribution in [0, 0.1) is 13.8 Å². The van der Waals surface area contributed by atoms with Crippen LogP contribution in [0.1, 0.15) is 33.5 Å². The molecule has 1 atom stereocenters. The van der Waals surface area contributed by atoms with E-state index < -0.39 is 7.82 Å². The van der Waals surface area contributed by atoms with Gasteiger partial charge in [0.2, 0.25) is 0 Å². The predicted molar refractivity (Wildman–Crippen MR) is 110 cm³/mol. The van der Waals surface area contributed by atoms with Crippen LogP contribution in [0.15, 0.2) is 72.8 Å². The number of rotatable bonds is 8. The Hall–Kier alpha value is -1.88. The number of carbonyl (C=O) groups is 1. The zero-order valence-electron chi connectivity index (χ0n) is 17.3. The summed E-state index contributed by atoms with van der Waals surface area (Å²) in [4.78, 5) is 24.5. The molecule has 0 fully saturated rings. The van der Waals surface area contributed by atoms with Gasteiger partial charge in [0, 0.05) is 12.0 Å². The summed E-state index contributed by atoms with van der Waals surface area (Å²) in [6.45, 7) is 3.54. The number of ketones is 1. The Morgan fingerprint density at radius 1 is 0.867 bits per heavy atom. The minimum Gasteiger partial charge on any atom is -0.736 e. The molecule has 3 rings (SSSR count). The average Bonchev–Trinajstić information content (AvgIpc) is 2.70. The van der Waals surface area contributed by atoms with E-state index in [-0.39, 0.29) is 46.8 Å². The van der Waals surface area contributed by atoms with Crippen molar-refractivity contribution in [3.8, 4) is 11.5 Å². The summed E-state index contributed by atoms with van der Waals surface area (Å²) >= 11 is 0. The first-order chi connectivity index (χ1) is 13.8. The molecule has 0 N–H and O–H groups in total. The number of hydrogen-bond donors (Lipinski definition) is 0. The summed E-state index contributed by atoms with van der Waals surface area (Å²) in [6, 6.07) is 21.1. The molecule has 150 valence electrons. The summed E-state index contributed by atoms with van der Waals surface area (Å²) in [7, 11) is -4.58. The Morgan fingerprint density at radius 3 is 2.07 bits per heavy atom. The molecule has 3 aromatic rings. The van der Waals surface area contributed by atoms with Crippen molar-refractivity contribution in [3.05, 3.63) is 95.1 Å². The van der Waals surface area contributed by atoms with E-state index in [0.717, 1.165) is 5.56 Å². The second-order valence-electron chi connectivity index (χ2n) is 6.78. The third-order valence-corrected chi connectivity index (χ3v) is 5.33. The Bertz CT molecular complexity index is 1010. The predicted octanol–water partition coefficient (Wildman–Crippen LogP) is 2.05.